The number of hydrogen-bond donors (Lipinski definition) is 0. The average molecular weight is 346 g/mol. The van der Waals surface area contributed by atoms with Gasteiger partial charge in [0.15, 0.2) is 0 Å². The van der Waals surface area contributed by atoms with Gasteiger partial charge in [-0.15, -0.1) is 0 Å². The van der Waals surface area contributed by atoms with Gasteiger partial charge in [-0.05, 0) is 25.7 Å². The maximum Gasteiger partial charge on any atom is 0.236 e. The van der Waals surface area contributed by atoms with Gasteiger partial charge in [0.1, 0.15) is 5.75 Å². The predicted molar refractivity (Wildman–Crippen MR) is 99.1 cm³/mol. The van der Waals surface area contributed by atoms with Gasteiger partial charge < -0.3 is 14.5 Å². The first kappa shape index (κ1) is 18.0. The molecule has 2 fully saturated rings. The SMILES string of the molecule is CCC1CCCCN1C(=O)CN1CCN(c2cncc(OC)c2)CC1. The Morgan fingerprint density at radius 2 is 2.00 bits per heavy atom. The standard InChI is InChI=1S/C19H30N4O2/c1-3-16-6-4-5-7-23(16)19(24)15-21-8-10-22(11-9-21)17-12-18(25-2)14-20-13-17/h12-14,16H,3-11,15H2,1-2H3. The maximum absolute atomic E-state index is 12.7. The molecule has 0 N–H and O–H groups in total. The lowest BCUT2D eigenvalue weighted by atomic mass is 10.00. The van der Waals surface area contributed by atoms with Gasteiger partial charge in [0.25, 0.3) is 0 Å². The van der Waals surface area contributed by atoms with Gasteiger partial charge in [-0.25, -0.2) is 0 Å². The Morgan fingerprint density at radius 3 is 2.72 bits per heavy atom. The van der Waals surface area contributed by atoms with Gasteiger partial charge in [-0.3, -0.25) is 14.7 Å². The van der Waals surface area contributed by atoms with Crippen molar-refractivity contribution in [3.8, 4) is 5.75 Å². The van der Waals surface area contributed by atoms with E-state index in [-0.39, 0.29) is 0 Å². The summed E-state index contributed by atoms with van der Waals surface area (Å²) in [5.41, 5.74) is 1.09. The quantitative estimate of drug-likeness (QED) is 0.816. The smallest absolute Gasteiger partial charge is 0.236 e. The van der Waals surface area contributed by atoms with E-state index >= 15 is 0 Å². The molecule has 138 valence electrons. The van der Waals surface area contributed by atoms with Crippen LogP contribution in [0.5, 0.6) is 5.75 Å². The highest BCUT2D eigenvalue weighted by molar-refractivity contribution is 5.78. The fraction of sp³-hybridized carbons (Fsp3) is 0.684. The predicted octanol–water partition coefficient (Wildman–Crippen LogP) is 2.00. The van der Waals surface area contributed by atoms with E-state index in [1.54, 1.807) is 13.3 Å². The van der Waals surface area contributed by atoms with Gasteiger partial charge in [-0.1, -0.05) is 6.92 Å². The van der Waals surface area contributed by atoms with Crippen LogP contribution in [0.1, 0.15) is 32.6 Å². The minimum atomic E-state index is 0.308. The zero-order valence-corrected chi connectivity index (χ0v) is 15.5. The molecule has 2 aliphatic rings. The molecule has 1 atom stereocenters. The van der Waals surface area contributed by atoms with Crippen LogP contribution in [0.4, 0.5) is 5.69 Å². The molecule has 0 saturated carbocycles. The number of amides is 1. The van der Waals surface area contributed by atoms with E-state index in [2.05, 4.69) is 26.6 Å². The summed E-state index contributed by atoms with van der Waals surface area (Å²) in [4.78, 5) is 23.7. The Balaban J connectivity index is 1.51. The van der Waals surface area contributed by atoms with Crippen LogP contribution in [-0.4, -0.2) is 73.1 Å². The largest absolute Gasteiger partial charge is 0.495 e. The number of likely N-dealkylation sites (tertiary alicyclic amines) is 1. The molecule has 1 unspecified atom stereocenters. The van der Waals surface area contributed by atoms with Crippen LogP contribution in [0.3, 0.4) is 0 Å². The molecular formula is C19H30N4O2. The van der Waals surface area contributed by atoms with Crippen molar-refractivity contribution in [3.05, 3.63) is 18.5 Å². The van der Waals surface area contributed by atoms with Gasteiger partial charge in [-0.2, -0.15) is 0 Å². The Kier molecular flexibility index (Phi) is 6.13. The molecule has 0 bridgehead atoms. The summed E-state index contributed by atoms with van der Waals surface area (Å²) in [5.74, 6) is 1.09. The number of carbonyl (C=O) groups is 1. The summed E-state index contributed by atoms with van der Waals surface area (Å²) in [6.45, 7) is 7.34. The first-order valence-corrected chi connectivity index (χ1v) is 9.47. The number of nitrogens with zero attached hydrogens (tertiary/aromatic N) is 4. The molecule has 6 heteroatoms. The van der Waals surface area contributed by atoms with Crippen molar-refractivity contribution in [2.45, 2.75) is 38.6 Å². The first-order chi connectivity index (χ1) is 12.2. The number of piperidine rings is 1. The molecule has 3 heterocycles. The van der Waals surface area contributed by atoms with E-state index in [9.17, 15) is 4.79 Å². The van der Waals surface area contributed by atoms with Crippen molar-refractivity contribution in [2.75, 3.05) is 51.3 Å². The van der Waals surface area contributed by atoms with Crippen LogP contribution in [0, 0.1) is 0 Å². The zero-order valence-electron chi connectivity index (χ0n) is 15.5. The van der Waals surface area contributed by atoms with Crippen molar-refractivity contribution in [1.82, 2.24) is 14.8 Å². The number of piperazine rings is 1. The number of pyridine rings is 1. The highest BCUT2D eigenvalue weighted by Gasteiger charge is 2.27. The normalized spacial score (nSPS) is 22.1. The van der Waals surface area contributed by atoms with E-state index < -0.39 is 0 Å². The van der Waals surface area contributed by atoms with E-state index in [1.807, 2.05) is 12.3 Å². The second kappa shape index (κ2) is 8.52. The Morgan fingerprint density at radius 1 is 1.20 bits per heavy atom. The Bertz CT molecular complexity index is 572. The first-order valence-electron chi connectivity index (χ1n) is 9.47. The van der Waals surface area contributed by atoms with Gasteiger partial charge in [0, 0.05) is 44.8 Å². The number of hydrogen-bond acceptors (Lipinski definition) is 5. The second-order valence-electron chi connectivity index (χ2n) is 6.99. The number of anilines is 1. The number of aromatic nitrogens is 1. The maximum atomic E-state index is 12.7. The number of rotatable bonds is 5. The molecule has 2 saturated heterocycles. The molecule has 25 heavy (non-hydrogen) atoms. The molecule has 0 aliphatic carbocycles. The third-order valence-electron chi connectivity index (χ3n) is 5.45. The van der Waals surface area contributed by atoms with Crippen molar-refractivity contribution >= 4 is 11.6 Å². The van der Waals surface area contributed by atoms with E-state index in [4.69, 9.17) is 4.74 Å². The molecule has 1 aromatic heterocycles. The van der Waals surface area contributed by atoms with Crippen molar-refractivity contribution < 1.29 is 9.53 Å². The van der Waals surface area contributed by atoms with Crippen LogP contribution in [0.25, 0.3) is 0 Å². The number of methoxy groups -OCH3 is 1. The second-order valence-corrected chi connectivity index (χ2v) is 6.99. The molecule has 6 nitrogen and oxygen atoms in total. The van der Waals surface area contributed by atoms with E-state index in [0.29, 0.717) is 18.5 Å². The number of carbonyl (C=O) groups excluding carboxylic acids is 1. The zero-order chi connectivity index (χ0) is 17.6. The molecule has 1 amide bonds. The lowest BCUT2D eigenvalue weighted by Gasteiger charge is -2.39. The highest BCUT2D eigenvalue weighted by atomic mass is 16.5. The summed E-state index contributed by atoms with van der Waals surface area (Å²) >= 11 is 0. The van der Waals surface area contributed by atoms with Crippen LogP contribution in [-0.2, 0) is 4.79 Å². The minimum absolute atomic E-state index is 0.308. The number of ether oxygens (including phenoxy) is 1. The van der Waals surface area contributed by atoms with Crippen LogP contribution >= 0.6 is 0 Å². The van der Waals surface area contributed by atoms with Crippen molar-refractivity contribution in [1.29, 1.82) is 0 Å². The molecule has 3 rings (SSSR count). The summed E-state index contributed by atoms with van der Waals surface area (Å²) in [5, 5.41) is 0. The third kappa shape index (κ3) is 4.42. The molecule has 0 aromatic carbocycles. The topological polar surface area (TPSA) is 48.9 Å². The third-order valence-corrected chi connectivity index (χ3v) is 5.45. The van der Waals surface area contributed by atoms with Crippen molar-refractivity contribution in [3.63, 3.8) is 0 Å². The van der Waals surface area contributed by atoms with Crippen LogP contribution in [0.2, 0.25) is 0 Å². The van der Waals surface area contributed by atoms with Gasteiger partial charge in [0.2, 0.25) is 5.91 Å². The summed E-state index contributed by atoms with van der Waals surface area (Å²) in [7, 11) is 1.66. The molecule has 2 aliphatic heterocycles. The van der Waals surface area contributed by atoms with E-state index in [1.165, 1.54) is 12.8 Å². The highest BCUT2D eigenvalue weighted by Crippen LogP contribution is 2.22. The van der Waals surface area contributed by atoms with Crippen LogP contribution < -0.4 is 9.64 Å². The minimum Gasteiger partial charge on any atom is -0.495 e. The molecule has 0 spiro atoms. The van der Waals surface area contributed by atoms with Crippen molar-refractivity contribution in [2.24, 2.45) is 0 Å². The average Bonchev–Trinajstić information content (AvgIpc) is 2.68. The summed E-state index contributed by atoms with van der Waals surface area (Å²) in [6.07, 6.45) is 8.25. The molecular weight excluding hydrogens is 316 g/mol. The van der Waals surface area contributed by atoms with Gasteiger partial charge in [0.05, 0.1) is 31.7 Å². The Labute approximate surface area is 150 Å². The Hall–Kier alpha value is -1.82. The van der Waals surface area contributed by atoms with Crippen LogP contribution in [0.15, 0.2) is 18.5 Å². The molecule has 1 aromatic rings. The summed E-state index contributed by atoms with van der Waals surface area (Å²) in [6, 6.07) is 2.47. The lowest BCUT2D eigenvalue weighted by molar-refractivity contribution is -0.136. The monoisotopic (exact) mass is 346 g/mol. The lowest BCUT2D eigenvalue weighted by Crippen LogP contribution is -2.52. The fourth-order valence-corrected chi connectivity index (χ4v) is 3.89. The van der Waals surface area contributed by atoms with Gasteiger partial charge >= 0.3 is 0 Å². The summed E-state index contributed by atoms with van der Waals surface area (Å²) < 4.78 is 5.26. The fourth-order valence-electron chi connectivity index (χ4n) is 3.89. The van der Waals surface area contributed by atoms with E-state index in [0.717, 1.165) is 57.0 Å². The molecule has 0 radical (unpaired) electrons.